The zero-order valence-electron chi connectivity index (χ0n) is 24.0. The van der Waals surface area contributed by atoms with Gasteiger partial charge in [-0.25, -0.2) is 4.79 Å². The number of fused-ring (bicyclic) bond motifs is 1. The number of nitrogens with one attached hydrogen (secondary N) is 3. The lowest BCUT2D eigenvalue weighted by molar-refractivity contribution is -0.127. The van der Waals surface area contributed by atoms with Crippen molar-refractivity contribution in [2.45, 2.75) is 60.7 Å². The molecule has 0 aliphatic carbocycles. The molecule has 5 N–H and O–H groups in total. The summed E-state index contributed by atoms with van der Waals surface area (Å²) in [6, 6.07) is 13.9. The molecular weight excluding hydrogens is 492 g/mol. The summed E-state index contributed by atoms with van der Waals surface area (Å²) in [6.07, 6.45) is 2.44. The van der Waals surface area contributed by atoms with E-state index in [1.54, 1.807) is 18.3 Å². The van der Waals surface area contributed by atoms with Crippen LogP contribution in [0.3, 0.4) is 0 Å². The lowest BCUT2D eigenvalue weighted by atomic mass is 9.90. The number of benzodiazepines with no additional fused rings is 1. The number of carbonyl (C=O) groups is 3. The molecule has 9 heteroatoms. The molecule has 0 aromatic heterocycles. The number of anilines is 2. The summed E-state index contributed by atoms with van der Waals surface area (Å²) in [7, 11) is 0. The smallest absolute Gasteiger partial charge is 0.321 e. The van der Waals surface area contributed by atoms with Gasteiger partial charge in [-0.05, 0) is 57.3 Å². The molecule has 0 saturated carbocycles. The van der Waals surface area contributed by atoms with Crippen molar-refractivity contribution < 1.29 is 14.4 Å². The highest BCUT2D eigenvalue weighted by Crippen LogP contribution is 2.28. The van der Waals surface area contributed by atoms with E-state index in [4.69, 9.17) is 10.7 Å². The topological polar surface area (TPSA) is 129 Å². The lowest BCUT2D eigenvalue weighted by Gasteiger charge is -2.28. The molecule has 1 aliphatic heterocycles. The zero-order chi connectivity index (χ0) is 29.2. The Balaban J connectivity index is 0.00000170. The molecule has 1 aliphatic rings. The van der Waals surface area contributed by atoms with Gasteiger partial charge in [-0.1, -0.05) is 64.1 Å². The first-order valence-electron chi connectivity index (χ1n) is 13.2. The van der Waals surface area contributed by atoms with E-state index in [0.717, 1.165) is 17.7 Å². The van der Waals surface area contributed by atoms with Gasteiger partial charge >= 0.3 is 6.03 Å². The van der Waals surface area contributed by atoms with Gasteiger partial charge in [0.05, 0.1) is 24.0 Å². The summed E-state index contributed by atoms with van der Waals surface area (Å²) in [5, 5.41) is 8.72. The number of allylic oxidation sites excluding steroid dienone is 1. The first-order chi connectivity index (χ1) is 18.4. The minimum atomic E-state index is -1.22. The number of hydrogen-bond acceptors (Lipinski definition) is 6. The first kappa shape index (κ1) is 31.2. The summed E-state index contributed by atoms with van der Waals surface area (Å²) in [6.45, 7) is 13.7. The lowest BCUT2D eigenvalue weighted by Crippen LogP contribution is -2.50. The predicted octanol–water partition coefficient (Wildman–Crippen LogP) is 4.37. The van der Waals surface area contributed by atoms with Gasteiger partial charge in [-0.3, -0.25) is 14.6 Å². The molecule has 0 radical (unpaired) electrons. The standard InChI is InChI=1S/C28H35N5O3.C2H7N/c1-7-15-29-19(3)24-21-13-8-9-14-22(21)33(17-23(34)28(4,5)6)26(35)25(31-24)32-27(36)30-20-12-10-11-18(2)16-20;1-2-3/h7-16,19,25,29H,17H2,1-6H3,(H2,30,32,36);2-3H2,1H3/b15-7-;. The van der Waals surface area contributed by atoms with Gasteiger partial charge in [-0.2, -0.15) is 0 Å². The highest BCUT2D eigenvalue weighted by Gasteiger charge is 2.36. The van der Waals surface area contributed by atoms with Crippen molar-refractivity contribution in [3.8, 4) is 0 Å². The maximum absolute atomic E-state index is 13.8. The van der Waals surface area contributed by atoms with Crippen molar-refractivity contribution in [2.75, 3.05) is 23.3 Å². The molecule has 2 unspecified atom stereocenters. The quantitative estimate of drug-likeness (QED) is 0.419. The van der Waals surface area contributed by atoms with E-state index in [-0.39, 0.29) is 18.4 Å². The van der Waals surface area contributed by atoms with Gasteiger partial charge in [0.2, 0.25) is 6.17 Å². The first-order valence-corrected chi connectivity index (χ1v) is 13.2. The summed E-state index contributed by atoms with van der Waals surface area (Å²) in [5.41, 5.74) is 7.70. The molecule has 210 valence electrons. The molecule has 0 saturated heterocycles. The number of ketones is 1. The normalized spacial score (nSPS) is 15.8. The third kappa shape index (κ3) is 8.78. The monoisotopic (exact) mass is 534 g/mol. The highest BCUT2D eigenvalue weighted by atomic mass is 16.2. The van der Waals surface area contributed by atoms with Gasteiger partial charge in [-0.15, -0.1) is 0 Å². The van der Waals surface area contributed by atoms with E-state index in [2.05, 4.69) is 16.0 Å². The largest absolute Gasteiger partial charge is 0.383 e. The maximum Gasteiger partial charge on any atom is 0.321 e. The number of nitrogens with zero attached hydrogens (tertiary/aromatic N) is 2. The average Bonchev–Trinajstić information content (AvgIpc) is 2.98. The van der Waals surface area contributed by atoms with Crippen LogP contribution in [-0.2, 0) is 9.59 Å². The van der Waals surface area contributed by atoms with Crippen LogP contribution < -0.4 is 26.6 Å². The van der Waals surface area contributed by atoms with E-state index in [9.17, 15) is 14.4 Å². The number of aliphatic imine (C=N–C) groups is 1. The molecule has 0 bridgehead atoms. The molecular formula is C30H42N6O3. The van der Waals surface area contributed by atoms with Crippen molar-refractivity contribution >= 4 is 34.8 Å². The minimum Gasteiger partial charge on any atom is -0.383 e. The Labute approximate surface area is 231 Å². The molecule has 9 nitrogen and oxygen atoms in total. The summed E-state index contributed by atoms with van der Waals surface area (Å²) in [4.78, 5) is 45.8. The van der Waals surface area contributed by atoms with E-state index in [1.807, 2.05) is 90.9 Å². The van der Waals surface area contributed by atoms with Crippen molar-refractivity contribution in [2.24, 2.45) is 16.1 Å². The van der Waals surface area contributed by atoms with E-state index >= 15 is 0 Å². The zero-order valence-corrected chi connectivity index (χ0v) is 24.0. The van der Waals surface area contributed by atoms with Crippen LogP contribution in [0.4, 0.5) is 16.2 Å². The predicted molar refractivity (Wildman–Crippen MR) is 159 cm³/mol. The van der Waals surface area contributed by atoms with Crippen LogP contribution in [0.2, 0.25) is 0 Å². The third-order valence-corrected chi connectivity index (χ3v) is 5.84. The summed E-state index contributed by atoms with van der Waals surface area (Å²) < 4.78 is 0. The Morgan fingerprint density at radius 2 is 1.82 bits per heavy atom. The second-order valence-corrected chi connectivity index (χ2v) is 10.3. The van der Waals surface area contributed by atoms with Crippen molar-refractivity contribution in [1.29, 1.82) is 0 Å². The SMILES string of the molecule is C/C=C\NC(C)C1=NC(NC(=O)Nc2cccc(C)c2)C(=O)N(CC(=O)C(C)(C)C)c2ccccc21.CCN. The molecule has 39 heavy (non-hydrogen) atoms. The Morgan fingerprint density at radius 3 is 2.44 bits per heavy atom. The van der Waals surface area contributed by atoms with Crippen LogP contribution in [0.25, 0.3) is 0 Å². The van der Waals surface area contributed by atoms with Crippen LogP contribution in [0.15, 0.2) is 65.8 Å². The molecule has 2 aromatic carbocycles. The highest BCUT2D eigenvalue weighted by molar-refractivity contribution is 6.16. The molecule has 2 aromatic rings. The van der Waals surface area contributed by atoms with E-state index in [0.29, 0.717) is 17.1 Å². The van der Waals surface area contributed by atoms with E-state index in [1.165, 1.54) is 4.90 Å². The second kappa shape index (κ2) is 14.2. The minimum absolute atomic E-state index is 0.0999. The van der Waals surface area contributed by atoms with Crippen molar-refractivity contribution in [3.05, 3.63) is 71.9 Å². The summed E-state index contributed by atoms with van der Waals surface area (Å²) in [5.74, 6) is -0.579. The number of Topliss-reactive ketones (excluding diaryl/α,β-unsaturated/α-hetero) is 1. The Kier molecular flexibility index (Phi) is 11.4. The van der Waals surface area contributed by atoms with Gasteiger partial charge in [0.25, 0.3) is 5.91 Å². The second-order valence-electron chi connectivity index (χ2n) is 10.3. The third-order valence-electron chi connectivity index (χ3n) is 5.84. The molecule has 1 heterocycles. The van der Waals surface area contributed by atoms with Gasteiger partial charge in [0.15, 0.2) is 5.78 Å². The van der Waals surface area contributed by atoms with Crippen molar-refractivity contribution in [3.63, 3.8) is 0 Å². The fourth-order valence-electron chi connectivity index (χ4n) is 3.77. The van der Waals surface area contributed by atoms with E-state index < -0.39 is 23.5 Å². The van der Waals surface area contributed by atoms with Gasteiger partial charge < -0.3 is 26.6 Å². The van der Waals surface area contributed by atoms with Crippen molar-refractivity contribution in [1.82, 2.24) is 10.6 Å². The maximum atomic E-state index is 13.8. The Hall–Kier alpha value is -3.98. The number of carbonyl (C=O) groups excluding carboxylic acids is 3. The fourth-order valence-corrected chi connectivity index (χ4v) is 3.77. The van der Waals surface area contributed by atoms with Crippen LogP contribution in [0.5, 0.6) is 0 Å². The average molecular weight is 535 g/mol. The summed E-state index contributed by atoms with van der Waals surface area (Å²) >= 11 is 0. The number of urea groups is 1. The van der Waals surface area contributed by atoms with Crippen LogP contribution in [0.1, 0.15) is 52.7 Å². The molecule has 3 amide bonds. The number of rotatable bonds is 7. The van der Waals surface area contributed by atoms with Gasteiger partial charge in [0.1, 0.15) is 0 Å². The molecule has 0 fully saturated rings. The van der Waals surface area contributed by atoms with Gasteiger partial charge in [0, 0.05) is 16.7 Å². The van der Waals surface area contributed by atoms with Crippen LogP contribution >= 0.6 is 0 Å². The van der Waals surface area contributed by atoms with Crippen LogP contribution in [-0.4, -0.2) is 48.7 Å². The number of amides is 3. The number of aryl methyl sites for hydroxylation is 1. The fraction of sp³-hybridized carbons (Fsp3) is 0.400. The number of nitrogens with two attached hydrogens (primary N) is 1. The molecule has 3 rings (SSSR count). The Bertz CT molecular complexity index is 1220. The molecule has 0 spiro atoms. The Morgan fingerprint density at radius 1 is 1.15 bits per heavy atom. The molecule has 2 atom stereocenters. The number of benzene rings is 2. The van der Waals surface area contributed by atoms with Crippen LogP contribution in [0, 0.1) is 12.3 Å². The number of hydrogen-bond donors (Lipinski definition) is 4. The number of para-hydroxylation sites is 1.